The Balaban J connectivity index is 1.79. The molecular weight excluding hydrogens is 292 g/mol. The van der Waals surface area contributed by atoms with Crippen LogP contribution in [0, 0.1) is 17.8 Å². The van der Waals surface area contributed by atoms with Crippen LogP contribution in [0.3, 0.4) is 0 Å². The summed E-state index contributed by atoms with van der Waals surface area (Å²) in [6, 6.07) is 7.98. The molecule has 0 spiro atoms. The Morgan fingerprint density at radius 3 is 2.48 bits per heavy atom. The maximum atomic E-state index is 12.8. The van der Waals surface area contributed by atoms with Crippen LogP contribution in [0.5, 0.6) is 5.75 Å². The van der Waals surface area contributed by atoms with Gasteiger partial charge < -0.3 is 9.47 Å². The third-order valence-electron chi connectivity index (χ3n) is 6.09. The summed E-state index contributed by atoms with van der Waals surface area (Å²) >= 11 is 0. The average molecular weight is 312 g/mol. The van der Waals surface area contributed by atoms with Crippen LogP contribution < -0.4 is 4.74 Å². The maximum absolute atomic E-state index is 12.8. The van der Waals surface area contributed by atoms with E-state index in [9.17, 15) is 9.59 Å². The Labute approximate surface area is 135 Å². The highest BCUT2D eigenvalue weighted by molar-refractivity contribution is 6.12. The van der Waals surface area contributed by atoms with Crippen molar-refractivity contribution >= 4 is 11.6 Å². The molecule has 3 unspecified atom stereocenters. The normalized spacial score (nSPS) is 35.0. The highest BCUT2D eigenvalue weighted by Crippen LogP contribution is 2.67. The zero-order chi connectivity index (χ0) is 16.2. The summed E-state index contributed by atoms with van der Waals surface area (Å²) in [7, 11) is 3.10. The first-order chi connectivity index (χ1) is 11.1. The van der Waals surface area contributed by atoms with Crippen LogP contribution in [-0.4, -0.2) is 25.8 Å². The van der Waals surface area contributed by atoms with E-state index in [2.05, 4.69) is 12.1 Å². The fraction of sp³-hybridized carbons (Fsp3) is 0.474. The van der Waals surface area contributed by atoms with Crippen LogP contribution in [0.2, 0.25) is 0 Å². The summed E-state index contributed by atoms with van der Waals surface area (Å²) in [6.07, 6.45) is 4.44. The lowest BCUT2D eigenvalue weighted by molar-refractivity contribution is -0.152. The van der Waals surface area contributed by atoms with Gasteiger partial charge in [-0.05, 0) is 36.5 Å². The van der Waals surface area contributed by atoms with Gasteiger partial charge in [-0.1, -0.05) is 18.6 Å². The summed E-state index contributed by atoms with van der Waals surface area (Å²) in [5.41, 5.74) is 0.947. The van der Waals surface area contributed by atoms with Crippen molar-refractivity contribution in [3.63, 3.8) is 0 Å². The smallest absolute Gasteiger partial charge is 0.202 e. The quantitative estimate of drug-likeness (QED) is 0.861. The second-order valence-corrected chi connectivity index (χ2v) is 6.75. The van der Waals surface area contributed by atoms with Gasteiger partial charge in [0.2, 0.25) is 5.78 Å². The molecule has 2 saturated carbocycles. The van der Waals surface area contributed by atoms with Gasteiger partial charge in [0.25, 0.3) is 0 Å². The van der Waals surface area contributed by atoms with Crippen molar-refractivity contribution in [2.24, 2.45) is 17.8 Å². The Hall–Kier alpha value is -2.10. The van der Waals surface area contributed by atoms with E-state index in [1.54, 1.807) is 7.11 Å². The van der Waals surface area contributed by atoms with E-state index in [0.29, 0.717) is 0 Å². The van der Waals surface area contributed by atoms with E-state index in [1.807, 2.05) is 12.1 Å². The second-order valence-electron chi connectivity index (χ2n) is 6.75. The van der Waals surface area contributed by atoms with Gasteiger partial charge in [0.1, 0.15) is 5.75 Å². The predicted octanol–water partition coefficient (Wildman–Crippen LogP) is 2.66. The minimum atomic E-state index is -0.268. The number of fused-ring (bicyclic) bond motifs is 4. The molecule has 3 aliphatic rings. The van der Waals surface area contributed by atoms with Crippen molar-refractivity contribution in [3.8, 4) is 5.75 Å². The third-order valence-corrected chi connectivity index (χ3v) is 6.09. The molecule has 0 amide bonds. The summed E-state index contributed by atoms with van der Waals surface area (Å²) in [4.78, 5) is 25.3. The van der Waals surface area contributed by atoms with Crippen LogP contribution in [0.1, 0.15) is 24.8 Å². The van der Waals surface area contributed by atoms with Crippen molar-refractivity contribution in [1.82, 2.24) is 0 Å². The monoisotopic (exact) mass is 312 g/mol. The first kappa shape index (κ1) is 14.5. The van der Waals surface area contributed by atoms with Gasteiger partial charge in [0, 0.05) is 23.3 Å². The molecule has 1 aromatic carbocycles. The highest BCUT2D eigenvalue weighted by Gasteiger charge is 2.69. The Morgan fingerprint density at radius 2 is 1.83 bits per heavy atom. The van der Waals surface area contributed by atoms with Gasteiger partial charge in [-0.15, -0.1) is 0 Å². The molecule has 4 rings (SSSR count). The van der Waals surface area contributed by atoms with E-state index >= 15 is 0 Å². The van der Waals surface area contributed by atoms with Crippen molar-refractivity contribution < 1.29 is 19.1 Å². The van der Waals surface area contributed by atoms with Gasteiger partial charge in [-0.25, -0.2) is 0 Å². The van der Waals surface area contributed by atoms with Crippen molar-refractivity contribution in [2.75, 3.05) is 14.2 Å². The largest absolute Gasteiger partial charge is 0.497 e. The summed E-state index contributed by atoms with van der Waals surface area (Å²) in [5, 5.41) is 0. The van der Waals surface area contributed by atoms with Crippen molar-refractivity contribution in [3.05, 3.63) is 41.7 Å². The van der Waals surface area contributed by atoms with Gasteiger partial charge in [-0.2, -0.15) is 0 Å². The third kappa shape index (κ3) is 1.72. The van der Waals surface area contributed by atoms with Crippen LogP contribution in [0.25, 0.3) is 0 Å². The number of methoxy groups -OCH3 is 2. The molecule has 4 atom stereocenters. The minimum absolute atomic E-state index is 0.00827. The van der Waals surface area contributed by atoms with E-state index < -0.39 is 0 Å². The second kappa shape index (κ2) is 4.95. The SMILES string of the molecule is COC1=CC(=O)C2C3CCC[C@@]3(c3ccc(OC)cc3)C2C1=O. The molecule has 0 aromatic heterocycles. The lowest BCUT2D eigenvalue weighted by Gasteiger charge is -2.58. The predicted molar refractivity (Wildman–Crippen MR) is 84.1 cm³/mol. The number of ketones is 2. The lowest BCUT2D eigenvalue weighted by atomic mass is 9.42. The molecule has 1 aromatic rings. The fourth-order valence-corrected chi connectivity index (χ4v) is 5.19. The Bertz CT molecular complexity index is 703. The number of hydrogen-bond donors (Lipinski definition) is 0. The molecule has 3 aliphatic carbocycles. The molecule has 4 heteroatoms. The molecule has 0 N–H and O–H groups in total. The van der Waals surface area contributed by atoms with Crippen molar-refractivity contribution in [1.29, 1.82) is 0 Å². The highest BCUT2D eigenvalue weighted by atomic mass is 16.5. The number of Topliss-reactive ketones (excluding diaryl/α,β-unsaturated/α-hetero) is 1. The van der Waals surface area contributed by atoms with E-state index in [4.69, 9.17) is 9.47 Å². The van der Waals surface area contributed by atoms with Gasteiger partial charge in [0.05, 0.1) is 14.2 Å². The number of rotatable bonds is 3. The van der Waals surface area contributed by atoms with Gasteiger partial charge in [-0.3, -0.25) is 9.59 Å². The number of ether oxygens (including phenoxy) is 2. The standard InChI is InChI=1S/C19H20O4/c1-22-12-7-5-11(6-8-12)19-9-3-4-13(19)16-14(20)10-15(23-2)18(21)17(16)19/h5-8,10,13,16-17H,3-4,9H2,1-2H3/t13?,16?,17?,19-/m0/s1. The summed E-state index contributed by atoms with van der Waals surface area (Å²) < 4.78 is 10.4. The van der Waals surface area contributed by atoms with E-state index in [-0.39, 0.29) is 40.5 Å². The number of carbonyl (C=O) groups is 2. The molecule has 4 nitrogen and oxygen atoms in total. The topological polar surface area (TPSA) is 52.6 Å². The molecule has 0 aliphatic heterocycles. The molecule has 120 valence electrons. The molecule has 23 heavy (non-hydrogen) atoms. The first-order valence-electron chi connectivity index (χ1n) is 8.11. The fourth-order valence-electron chi connectivity index (χ4n) is 5.19. The number of allylic oxidation sites excluding steroid dienone is 2. The molecular formula is C19H20O4. The van der Waals surface area contributed by atoms with Gasteiger partial charge >= 0.3 is 0 Å². The Morgan fingerprint density at radius 1 is 1.09 bits per heavy atom. The summed E-state index contributed by atoms with van der Waals surface area (Å²) in [5.74, 6) is 0.913. The number of hydrogen-bond acceptors (Lipinski definition) is 4. The van der Waals surface area contributed by atoms with Crippen LogP contribution >= 0.6 is 0 Å². The Kier molecular flexibility index (Phi) is 3.12. The van der Waals surface area contributed by atoms with Crippen LogP contribution in [0.4, 0.5) is 0 Å². The lowest BCUT2D eigenvalue weighted by Crippen LogP contribution is -2.64. The molecule has 0 saturated heterocycles. The number of carbonyl (C=O) groups excluding carboxylic acids is 2. The molecule has 0 radical (unpaired) electrons. The average Bonchev–Trinajstić information content (AvgIpc) is 2.92. The van der Waals surface area contributed by atoms with Crippen LogP contribution in [0.15, 0.2) is 36.1 Å². The zero-order valence-corrected chi connectivity index (χ0v) is 13.4. The minimum Gasteiger partial charge on any atom is -0.497 e. The van der Waals surface area contributed by atoms with Crippen LogP contribution in [-0.2, 0) is 19.7 Å². The molecule has 0 heterocycles. The van der Waals surface area contributed by atoms with E-state index in [0.717, 1.165) is 30.6 Å². The van der Waals surface area contributed by atoms with E-state index in [1.165, 1.54) is 13.2 Å². The first-order valence-corrected chi connectivity index (χ1v) is 8.11. The molecule has 0 bridgehead atoms. The van der Waals surface area contributed by atoms with Crippen molar-refractivity contribution in [2.45, 2.75) is 24.7 Å². The zero-order valence-electron chi connectivity index (χ0n) is 13.4. The molecule has 2 fully saturated rings. The van der Waals surface area contributed by atoms with Gasteiger partial charge in [0.15, 0.2) is 11.5 Å². The maximum Gasteiger partial charge on any atom is 0.202 e. The number of benzene rings is 1. The summed E-state index contributed by atoms with van der Waals surface area (Å²) in [6.45, 7) is 0.